The lowest BCUT2D eigenvalue weighted by molar-refractivity contribution is -0.283. The molecule has 1 aliphatic heterocycles. The highest BCUT2D eigenvalue weighted by Crippen LogP contribution is 2.24. The predicted molar refractivity (Wildman–Crippen MR) is 53.2 cm³/mol. The van der Waals surface area contributed by atoms with Crippen LogP contribution in [0, 0.1) is 0 Å². The Bertz CT molecular complexity index is 330. The standard InChI is InChI=1S/C7H15NO8S/c1-14-7-5(10)6(16-17(11,12)13)4(9)3(2-8)15-7/h3-7,9-10H,2,8H2,1H3,(H,11,12,13)/t3-,4-,5+,6+,7+/m1/s1. The molecule has 10 heteroatoms. The first-order valence-electron chi connectivity index (χ1n) is 4.70. The number of nitrogens with two attached hydrogens (primary N) is 1. The highest BCUT2D eigenvalue weighted by Gasteiger charge is 2.47. The fraction of sp³-hybridized carbons (Fsp3) is 1.00. The number of aliphatic hydroxyl groups excluding tert-OH is 2. The van der Waals surface area contributed by atoms with Gasteiger partial charge < -0.3 is 25.4 Å². The summed E-state index contributed by atoms with van der Waals surface area (Å²) < 4.78 is 43.7. The second-order valence-electron chi connectivity index (χ2n) is 3.48. The molecule has 102 valence electrons. The Hall–Kier alpha value is -0.330. The van der Waals surface area contributed by atoms with Crippen molar-refractivity contribution < 1.29 is 36.8 Å². The fourth-order valence-electron chi connectivity index (χ4n) is 1.55. The van der Waals surface area contributed by atoms with Crippen LogP contribution in [0.25, 0.3) is 0 Å². The van der Waals surface area contributed by atoms with Gasteiger partial charge in [-0.15, -0.1) is 0 Å². The SMILES string of the molecule is CO[C@H]1O[C@H](CN)[C@@H](O)[C@H](OS(=O)(=O)O)[C@@H]1O. The van der Waals surface area contributed by atoms with E-state index >= 15 is 0 Å². The molecule has 17 heavy (non-hydrogen) atoms. The zero-order valence-corrected chi connectivity index (χ0v) is 9.78. The summed E-state index contributed by atoms with van der Waals surface area (Å²) in [6, 6.07) is 0. The molecule has 0 aromatic rings. The van der Waals surface area contributed by atoms with E-state index in [0.717, 1.165) is 0 Å². The molecular weight excluding hydrogens is 258 g/mol. The van der Waals surface area contributed by atoms with E-state index in [1.807, 2.05) is 0 Å². The number of rotatable bonds is 4. The Balaban J connectivity index is 2.89. The summed E-state index contributed by atoms with van der Waals surface area (Å²) >= 11 is 0. The fourth-order valence-corrected chi connectivity index (χ4v) is 2.05. The summed E-state index contributed by atoms with van der Waals surface area (Å²) in [6.45, 7) is -0.140. The zero-order chi connectivity index (χ0) is 13.2. The van der Waals surface area contributed by atoms with Gasteiger partial charge in [0.05, 0.1) is 0 Å². The molecule has 0 unspecified atom stereocenters. The monoisotopic (exact) mass is 273 g/mol. The molecule has 0 aromatic heterocycles. The number of aliphatic hydroxyl groups is 2. The van der Waals surface area contributed by atoms with Crippen LogP contribution in [0.4, 0.5) is 0 Å². The van der Waals surface area contributed by atoms with E-state index in [-0.39, 0.29) is 6.54 Å². The Kier molecular flexibility index (Phi) is 4.80. The van der Waals surface area contributed by atoms with Crippen LogP contribution in [0.5, 0.6) is 0 Å². The first kappa shape index (κ1) is 14.7. The smallest absolute Gasteiger partial charge is 0.387 e. The number of methoxy groups -OCH3 is 1. The van der Waals surface area contributed by atoms with Crippen molar-refractivity contribution >= 4 is 10.4 Å². The largest absolute Gasteiger partial charge is 0.397 e. The third-order valence-electron chi connectivity index (χ3n) is 2.34. The van der Waals surface area contributed by atoms with Gasteiger partial charge in [-0.25, -0.2) is 4.18 Å². The molecule has 5 atom stereocenters. The van der Waals surface area contributed by atoms with Crippen molar-refractivity contribution in [2.45, 2.75) is 30.7 Å². The number of hydrogen-bond acceptors (Lipinski definition) is 8. The van der Waals surface area contributed by atoms with Crippen molar-refractivity contribution in [3.8, 4) is 0 Å². The molecule has 0 amide bonds. The van der Waals surface area contributed by atoms with Gasteiger partial charge in [0, 0.05) is 13.7 Å². The lowest BCUT2D eigenvalue weighted by Crippen LogP contribution is -2.61. The predicted octanol–water partition coefficient (Wildman–Crippen LogP) is -2.77. The van der Waals surface area contributed by atoms with Gasteiger partial charge in [-0.05, 0) is 0 Å². The van der Waals surface area contributed by atoms with E-state index in [2.05, 4.69) is 4.18 Å². The maximum atomic E-state index is 10.6. The van der Waals surface area contributed by atoms with Crippen LogP contribution in [-0.4, -0.2) is 67.5 Å². The van der Waals surface area contributed by atoms with Crippen molar-refractivity contribution in [1.82, 2.24) is 0 Å². The van der Waals surface area contributed by atoms with E-state index in [4.69, 9.17) is 19.8 Å². The van der Waals surface area contributed by atoms with E-state index < -0.39 is 41.1 Å². The van der Waals surface area contributed by atoms with Gasteiger partial charge in [-0.1, -0.05) is 0 Å². The maximum Gasteiger partial charge on any atom is 0.397 e. The van der Waals surface area contributed by atoms with Gasteiger partial charge in [0.2, 0.25) is 0 Å². The Labute approximate surface area is 98.0 Å². The van der Waals surface area contributed by atoms with Crippen molar-refractivity contribution in [2.24, 2.45) is 5.73 Å². The van der Waals surface area contributed by atoms with Crippen LogP contribution >= 0.6 is 0 Å². The average Bonchev–Trinajstić information content (AvgIpc) is 2.23. The minimum Gasteiger partial charge on any atom is -0.387 e. The Morgan fingerprint density at radius 3 is 2.35 bits per heavy atom. The lowest BCUT2D eigenvalue weighted by Gasteiger charge is -2.40. The highest BCUT2D eigenvalue weighted by molar-refractivity contribution is 7.80. The first-order chi connectivity index (χ1) is 7.80. The van der Waals surface area contributed by atoms with Gasteiger partial charge in [0.1, 0.15) is 24.4 Å². The highest BCUT2D eigenvalue weighted by atomic mass is 32.3. The molecule has 0 saturated carbocycles. The maximum absolute atomic E-state index is 10.6. The second-order valence-corrected chi connectivity index (χ2v) is 4.53. The average molecular weight is 273 g/mol. The molecule has 5 N–H and O–H groups in total. The minimum atomic E-state index is -4.82. The van der Waals surface area contributed by atoms with E-state index in [1.165, 1.54) is 7.11 Å². The molecule has 1 saturated heterocycles. The van der Waals surface area contributed by atoms with Gasteiger partial charge in [-0.3, -0.25) is 4.55 Å². The minimum absolute atomic E-state index is 0.140. The summed E-state index contributed by atoms with van der Waals surface area (Å²) in [5.74, 6) is 0. The normalized spacial score (nSPS) is 39.2. The molecule has 1 aliphatic rings. The number of ether oxygens (including phenoxy) is 2. The van der Waals surface area contributed by atoms with Gasteiger partial charge in [0.15, 0.2) is 6.29 Å². The van der Waals surface area contributed by atoms with Gasteiger partial charge in [0.25, 0.3) is 0 Å². The van der Waals surface area contributed by atoms with Crippen molar-refractivity contribution in [3.63, 3.8) is 0 Å². The van der Waals surface area contributed by atoms with Crippen LogP contribution in [0.15, 0.2) is 0 Å². The molecule has 1 fully saturated rings. The van der Waals surface area contributed by atoms with Crippen molar-refractivity contribution in [2.75, 3.05) is 13.7 Å². The summed E-state index contributed by atoms with van der Waals surface area (Å²) in [5.41, 5.74) is 5.29. The van der Waals surface area contributed by atoms with E-state index in [0.29, 0.717) is 0 Å². The molecule has 1 heterocycles. The van der Waals surface area contributed by atoms with Crippen LogP contribution in [0.1, 0.15) is 0 Å². The molecule has 0 spiro atoms. The van der Waals surface area contributed by atoms with Gasteiger partial charge >= 0.3 is 10.4 Å². The zero-order valence-electron chi connectivity index (χ0n) is 8.96. The molecule has 0 bridgehead atoms. The Morgan fingerprint density at radius 2 is 1.94 bits per heavy atom. The third-order valence-corrected chi connectivity index (χ3v) is 2.80. The first-order valence-corrected chi connectivity index (χ1v) is 6.07. The molecule has 0 radical (unpaired) electrons. The van der Waals surface area contributed by atoms with Crippen molar-refractivity contribution in [1.29, 1.82) is 0 Å². The van der Waals surface area contributed by atoms with Crippen LogP contribution in [0.3, 0.4) is 0 Å². The number of hydrogen-bond donors (Lipinski definition) is 4. The summed E-state index contributed by atoms with van der Waals surface area (Å²) in [7, 11) is -3.61. The summed E-state index contributed by atoms with van der Waals surface area (Å²) in [6.07, 6.45) is -6.89. The molecular formula is C7H15NO8S. The van der Waals surface area contributed by atoms with E-state index in [1.54, 1.807) is 0 Å². The second kappa shape index (κ2) is 5.54. The Morgan fingerprint density at radius 1 is 1.35 bits per heavy atom. The summed E-state index contributed by atoms with van der Waals surface area (Å²) in [5, 5.41) is 19.3. The van der Waals surface area contributed by atoms with Crippen LogP contribution in [0.2, 0.25) is 0 Å². The van der Waals surface area contributed by atoms with Crippen LogP contribution < -0.4 is 5.73 Å². The molecule has 0 aromatic carbocycles. The van der Waals surface area contributed by atoms with E-state index in [9.17, 15) is 18.6 Å². The topological polar surface area (TPSA) is 149 Å². The summed E-state index contributed by atoms with van der Waals surface area (Å²) in [4.78, 5) is 0. The molecule has 1 rings (SSSR count). The van der Waals surface area contributed by atoms with Gasteiger partial charge in [-0.2, -0.15) is 8.42 Å². The van der Waals surface area contributed by atoms with Crippen LogP contribution in [-0.2, 0) is 24.1 Å². The quantitative estimate of drug-likeness (QED) is 0.399. The molecule has 0 aliphatic carbocycles. The third kappa shape index (κ3) is 3.56. The molecule has 9 nitrogen and oxygen atoms in total. The van der Waals surface area contributed by atoms with Crippen molar-refractivity contribution in [3.05, 3.63) is 0 Å². The lowest BCUT2D eigenvalue weighted by atomic mass is 9.99.